The van der Waals surface area contributed by atoms with Gasteiger partial charge in [-0.1, -0.05) is 71.0 Å². The molecular weight excluding hydrogens is 343 g/mol. The van der Waals surface area contributed by atoms with Crippen molar-refractivity contribution in [2.75, 3.05) is 0 Å². The van der Waals surface area contributed by atoms with Crippen molar-refractivity contribution < 1.29 is 0 Å². The summed E-state index contributed by atoms with van der Waals surface area (Å²) in [5, 5.41) is 1.41. The van der Waals surface area contributed by atoms with Gasteiger partial charge in [0.25, 0.3) is 0 Å². The van der Waals surface area contributed by atoms with E-state index < -0.39 is 0 Å². The third-order valence-electron chi connectivity index (χ3n) is 4.21. The lowest BCUT2D eigenvalue weighted by Crippen LogP contribution is -2.26. The van der Waals surface area contributed by atoms with Crippen LogP contribution in [-0.2, 0) is 6.42 Å². The second-order valence-corrected chi connectivity index (χ2v) is 7.62. The van der Waals surface area contributed by atoms with E-state index in [0.29, 0.717) is 15.8 Å². The molecule has 0 saturated heterocycles. The zero-order valence-corrected chi connectivity index (χ0v) is 14.4. The summed E-state index contributed by atoms with van der Waals surface area (Å²) in [6.45, 7) is 2.28. The van der Waals surface area contributed by atoms with Gasteiger partial charge in [-0.05, 0) is 49.1 Å². The van der Waals surface area contributed by atoms with E-state index in [0.717, 1.165) is 17.4 Å². The summed E-state index contributed by atoms with van der Waals surface area (Å²) in [5.74, 6) is 1.57. The highest BCUT2D eigenvalue weighted by Gasteiger charge is 2.29. The number of hydrogen-bond donors (Lipinski definition) is 0. The molecule has 19 heavy (non-hydrogen) atoms. The normalized spacial score (nSPS) is 27.5. The lowest BCUT2D eigenvalue weighted by molar-refractivity contribution is 0.263. The molecule has 0 nitrogen and oxygen atoms in total. The maximum absolute atomic E-state index is 6.31. The van der Waals surface area contributed by atoms with Gasteiger partial charge in [-0.3, -0.25) is 0 Å². The van der Waals surface area contributed by atoms with Gasteiger partial charge >= 0.3 is 0 Å². The van der Waals surface area contributed by atoms with Crippen LogP contribution in [0.25, 0.3) is 0 Å². The third-order valence-corrected chi connectivity index (χ3v) is 6.27. The maximum atomic E-state index is 6.31. The standard InChI is InChI=1S/C16H21BrCl2/c1-2-4-11-7-8-14(17)13(9-11)10-12-5-3-6-15(18)16(12)19/h3,5-6,11,13-14H,2,4,7-10H2,1H3. The fourth-order valence-corrected chi connectivity index (χ4v) is 4.26. The Morgan fingerprint density at radius 3 is 2.79 bits per heavy atom. The van der Waals surface area contributed by atoms with Crippen LogP contribution in [0, 0.1) is 11.8 Å². The highest BCUT2D eigenvalue weighted by atomic mass is 79.9. The molecule has 106 valence electrons. The van der Waals surface area contributed by atoms with Crippen LogP contribution in [0.4, 0.5) is 0 Å². The molecule has 3 unspecified atom stereocenters. The van der Waals surface area contributed by atoms with Gasteiger partial charge in [0.2, 0.25) is 0 Å². The molecule has 1 saturated carbocycles. The molecule has 1 aliphatic rings. The van der Waals surface area contributed by atoms with E-state index in [4.69, 9.17) is 23.2 Å². The first-order valence-corrected chi connectivity index (χ1v) is 8.86. The largest absolute Gasteiger partial charge is 0.0888 e. The zero-order chi connectivity index (χ0) is 13.8. The highest BCUT2D eigenvalue weighted by Crippen LogP contribution is 2.39. The zero-order valence-electron chi connectivity index (χ0n) is 11.3. The maximum Gasteiger partial charge on any atom is 0.0624 e. The predicted molar refractivity (Wildman–Crippen MR) is 88.6 cm³/mol. The molecule has 2 rings (SSSR count). The summed E-state index contributed by atoms with van der Waals surface area (Å²) in [7, 11) is 0. The van der Waals surface area contributed by atoms with Crippen LogP contribution >= 0.6 is 39.1 Å². The Morgan fingerprint density at radius 1 is 1.26 bits per heavy atom. The van der Waals surface area contributed by atoms with Crippen molar-refractivity contribution in [1.29, 1.82) is 0 Å². The van der Waals surface area contributed by atoms with Crippen LogP contribution in [0.3, 0.4) is 0 Å². The van der Waals surface area contributed by atoms with Gasteiger partial charge in [-0.25, -0.2) is 0 Å². The quantitative estimate of drug-likeness (QED) is 0.534. The summed E-state index contributed by atoms with van der Waals surface area (Å²) in [4.78, 5) is 0.621. The van der Waals surface area contributed by atoms with Gasteiger partial charge in [0.15, 0.2) is 0 Å². The Bertz CT molecular complexity index is 419. The van der Waals surface area contributed by atoms with E-state index in [1.54, 1.807) is 0 Å². The molecule has 1 fully saturated rings. The van der Waals surface area contributed by atoms with Gasteiger partial charge in [0, 0.05) is 4.83 Å². The molecule has 1 aromatic carbocycles. The molecule has 0 aromatic heterocycles. The fraction of sp³-hybridized carbons (Fsp3) is 0.625. The minimum atomic E-state index is 0.621. The number of benzene rings is 1. The van der Waals surface area contributed by atoms with Crippen molar-refractivity contribution >= 4 is 39.1 Å². The van der Waals surface area contributed by atoms with Gasteiger partial charge in [0.1, 0.15) is 0 Å². The third kappa shape index (κ3) is 4.12. The topological polar surface area (TPSA) is 0 Å². The van der Waals surface area contributed by atoms with Crippen LogP contribution in [0.15, 0.2) is 18.2 Å². The smallest absolute Gasteiger partial charge is 0.0624 e. The summed E-state index contributed by atoms with van der Waals surface area (Å²) >= 11 is 16.3. The second-order valence-electron chi connectivity index (χ2n) is 5.66. The van der Waals surface area contributed by atoms with Crippen LogP contribution in [0.2, 0.25) is 10.0 Å². The van der Waals surface area contributed by atoms with E-state index in [9.17, 15) is 0 Å². The number of rotatable bonds is 4. The van der Waals surface area contributed by atoms with Crippen LogP contribution in [0.5, 0.6) is 0 Å². The van der Waals surface area contributed by atoms with Crippen molar-refractivity contribution in [1.82, 2.24) is 0 Å². The highest BCUT2D eigenvalue weighted by molar-refractivity contribution is 9.09. The Labute approximate surface area is 135 Å². The van der Waals surface area contributed by atoms with Crippen molar-refractivity contribution in [3.05, 3.63) is 33.8 Å². The average Bonchev–Trinajstić information content (AvgIpc) is 2.39. The monoisotopic (exact) mass is 362 g/mol. The van der Waals surface area contributed by atoms with Crippen molar-refractivity contribution in [3.63, 3.8) is 0 Å². The summed E-state index contributed by atoms with van der Waals surface area (Å²) in [6.07, 6.45) is 7.65. The molecule has 0 N–H and O–H groups in total. The summed E-state index contributed by atoms with van der Waals surface area (Å²) in [6, 6.07) is 5.97. The molecule has 0 spiro atoms. The first kappa shape index (κ1) is 15.7. The molecule has 0 radical (unpaired) electrons. The Balaban J connectivity index is 2.05. The van der Waals surface area contributed by atoms with E-state index >= 15 is 0 Å². The van der Waals surface area contributed by atoms with Crippen LogP contribution in [0.1, 0.15) is 44.6 Å². The van der Waals surface area contributed by atoms with E-state index in [1.165, 1.54) is 37.7 Å². The number of alkyl halides is 1. The Kier molecular flexibility index (Phi) is 6.05. The lowest BCUT2D eigenvalue weighted by atomic mass is 9.77. The SMILES string of the molecule is CCCC1CCC(Br)C(Cc2cccc(Cl)c2Cl)C1. The average molecular weight is 364 g/mol. The molecule has 0 amide bonds. The molecular formula is C16H21BrCl2. The molecule has 0 aliphatic heterocycles. The molecule has 1 aromatic rings. The van der Waals surface area contributed by atoms with E-state index in [-0.39, 0.29) is 0 Å². The predicted octanol–water partition coefficient (Wildman–Crippen LogP) is 6.52. The van der Waals surface area contributed by atoms with Crippen LogP contribution in [-0.4, -0.2) is 4.83 Å². The molecule has 3 heteroatoms. The first-order chi connectivity index (χ1) is 9.11. The molecule has 0 heterocycles. The summed E-state index contributed by atoms with van der Waals surface area (Å²) < 4.78 is 0. The lowest BCUT2D eigenvalue weighted by Gasteiger charge is -2.33. The second kappa shape index (κ2) is 7.33. The number of hydrogen-bond acceptors (Lipinski definition) is 0. The minimum absolute atomic E-state index is 0.621. The Morgan fingerprint density at radius 2 is 2.05 bits per heavy atom. The summed E-state index contributed by atoms with van der Waals surface area (Å²) in [5.41, 5.74) is 1.20. The van der Waals surface area contributed by atoms with Gasteiger partial charge < -0.3 is 0 Å². The van der Waals surface area contributed by atoms with Gasteiger partial charge in [0.05, 0.1) is 10.0 Å². The number of halogens is 3. The Hall–Kier alpha value is 0.280. The van der Waals surface area contributed by atoms with Crippen molar-refractivity contribution in [2.45, 2.75) is 50.3 Å². The molecule has 1 aliphatic carbocycles. The van der Waals surface area contributed by atoms with Crippen molar-refractivity contribution in [3.8, 4) is 0 Å². The molecule has 3 atom stereocenters. The fourth-order valence-electron chi connectivity index (χ4n) is 3.19. The first-order valence-electron chi connectivity index (χ1n) is 7.18. The molecule has 0 bridgehead atoms. The van der Waals surface area contributed by atoms with Crippen LogP contribution < -0.4 is 0 Å². The van der Waals surface area contributed by atoms with Gasteiger partial charge in [-0.2, -0.15) is 0 Å². The van der Waals surface area contributed by atoms with Gasteiger partial charge in [-0.15, -0.1) is 0 Å². The van der Waals surface area contributed by atoms with Crippen molar-refractivity contribution in [2.24, 2.45) is 11.8 Å². The van der Waals surface area contributed by atoms with E-state index in [2.05, 4.69) is 28.9 Å². The van der Waals surface area contributed by atoms with E-state index in [1.807, 2.05) is 12.1 Å². The minimum Gasteiger partial charge on any atom is -0.0888 e.